The highest BCUT2D eigenvalue weighted by Gasteiger charge is 2.32. The first-order chi connectivity index (χ1) is 18.6. The number of carbonyl (C=O) groups is 1. The fourth-order valence-corrected chi connectivity index (χ4v) is 5.52. The Balaban J connectivity index is 1.61. The summed E-state index contributed by atoms with van der Waals surface area (Å²) in [6.07, 6.45) is 1.32. The van der Waals surface area contributed by atoms with E-state index in [-0.39, 0.29) is 30.6 Å². The predicted molar refractivity (Wildman–Crippen MR) is 145 cm³/mol. The molecule has 1 atom stereocenters. The molecule has 1 aliphatic rings. The van der Waals surface area contributed by atoms with Crippen molar-refractivity contribution in [1.82, 2.24) is 19.7 Å². The van der Waals surface area contributed by atoms with Crippen LogP contribution >= 0.6 is 11.3 Å². The first kappa shape index (κ1) is 27.0. The Morgan fingerprint density at radius 2 is 1.97 bits per heavy atom. The minimum Gasteiger partial charge on any atom is -0.490 e. The van der Waals surface area contributed by atoms with Crippen molar-refractivity contribution in [2.24, 2.45) is 0 Å². The molecule has 0 radical (unpaired) electrons. The number of rotatable bonds is 6. The zero-order valence-electron chi connectivity index (χ0n) is 22.5. The van der Waals surface area contributed by atoms with E-state index in [4.69, 9.17) is 19.3 Å². The van der Waals surface area contributed by atoms with Crippen molar-refractivity contribution in [3.8, 4) is 28.3 Å². The molecule has 0 aliphatic carbocycles. The van der Waals surface area contributed by atoms with Gasteiger partial charge in [0.05, 0.1) is 42.7 Å². The van der Waals surface area contributed by atoms with E-state index in [2.05, 4.69) is 4.98 Å². The molecule has 1 aliphatic heterocycles. The van der Waals surface area contributed by atoms with Crippen molar-refractivity contribution in [2.45, 2.75) is 52.4 Å². The highest BCUT2D eigenvalue weighted by molar-refractivity contribution is 7.17. The van der Waals surface area contributed by atoms with Crippen molar-refractivity contribution in [2.75, 3.05) is 20.3 Å². The van der Waals surface area contributed by atoms with Gasteiger partial charge in [0.1, 0.15) is 35.3 Å². The van der Waals surface area contributed by atoms with Crippen LogP contribution in [-0.2, 0) is 22.6 Å². The lowest BCUT2D eigenvalue weighted by Gasteiger charge is -2.35. The van der Waals surface area contributed by atoms with Gasteiger partial charge in [0.2, 0.25) is 0 Å². The van der Waals surface area contributed by atoms with E-state index >= 15 is 4.39 Å². The first-order valence-corrected chi connectivity index (χ1v) is 13.5. The summed E-state index contributed by atoms with van der Waals surface area (Å²) in [6, 6.07) is 5.60. The Hall–Kier alpha value is -3.57. The predicted octanol–water partition coefficient (Wildman–Crippen LogP) is 6.27. The lowest BCUT2D eigenvalue weighted by atomic mass is 9.99. The summed E-state index contributed by atoms with van der Waals surface area (Å²) in [4.78, 5) is 19.2. The number of methoxy groups -OCH3 is 1. The SMILES string of the molecule is COCCOc1cc(F)cc(F)c1-c1c(-c2cc3n(n2)C[C@@H](C)N(C(=O)OC(C)(C)C)C3)ncc2ccsc12. The zero-order valence-corrected chi connectivity index (χ0v) is 23.3. The van der Waals surface area contributed by atoms with Gasteiger partial charge < -0.3 is 14.2 Å². The second-order valence-electron chi connectivity index (χ2n) is 10.4. The van der Waals surface area contributed by atoms with E-state index < -0.39 is 23.3 Å². The molecule has 4 heterocycles. The Morgan fingerprint density at radius 1 is 1.18 bits per heavy atom. The maximum Gasteiger partial charge on any atom is 0.410 e. The number of hydrogen-bond acceptors (Lipinski definition) is 7. The van der Waals surface area contributed by atoms with Crippen LogP contribution in [0.5, 0.6) is 5.75 Å². The van der Waals surface area contributed by atoms with Crippen LogP contribution in [0, 0.1) is 11.6 Å². The molecule has 4 aromatic rings. The topological polar surface area (TPSA) is 78.7 Å². The molecule has 3 aromatic heterocycles. The van der Waals surface area contributed by atoms with Crippen LogP contribution in [0.2, 0.25) is 0 Å². The van der Waals surface area contributed by atoms with Gasteiger partial charge in [-0.2, -0.15) is 5.10 Å². The van der Waals surface area contributed by atoms with E-state index in [0.29, 0.717) is 30.0 Å². The number of hydrogen-bond donors (Lipinski definition) is 0. The van der Waals surface area contributed by atoms with Gasteiger partial charge in [-0.1, -0.05) is 0 Å². The van der Waals surface area contributed by atoms with Crippen molar-refractivity contribution in [3.05, 3.63) is 53.2 Å². The fourth-order valence-electron chi connectivity index (χ4n) is 4.60. The smallest absolute Gasteiger partial charge is 0.410 e. The second-order valence-corrected chi connectivity index (χ2v) is 11.4. The minimum absolute atomic E-state index is 0.0576. The number of carbonyl (C=O) groups excluding carboxylic acids is 1. The van der Waals surface area contributed by atoms with Gasteiger partial charge in [-0.3, -0.25) is 14.6 Å². The summed E-state index contributed by atoms with van der Waals surface area (Å²) in [5.74, 6) is -1.45. The monoisotopic (exact) mass is 556 g/mol. The molecular formula is C28H30F2N4O4S. The molecule has 0 saturated heterocycles. The number of halogens is 2. The van der Waals surface area contributed by atoms with Gasteiger partial charge >= 0.3 is 6.09 Å². The molecule has 5 rings (SSSR count). The number of nitrogens with zero attached hydrogens (tertiary/aromatic N) is 4. The normalized spacial score (nSPS) is 15.5. The lowest BCUT2D eigenvalue weighted by molar-refractivity contribution is 0.00907. The third-order valence-electron chi connectivity index (χ3n) is 6.34. The average molecular weight is 557 g/mol. The van der Waals surface area contributed by atoms with Crippen molar-refractivity contribution in [1.29, 1.82) is 0 Å². The van der Waals surface area contributed by atoms with Gasteiger partial charge in [-0.05, 0) is 45.2 Å². The standard InChI is InChI=1S/C28H30F2N4O4S/c1-16-14-34-19(15-33(16)27(35)38-28(2,3)4)12-21(32-34)25-24(26-17(13-31-25)6-9-39-26)23-20(30)10-18(29)11-22(23)37-8-7-36-5/h6,9-13,16H,7-8,14-15H2,1-5H3/t16-/m1/s1. The highest BCUT2D eigenvalue weighted by Crippen LogP contribution is 2.44. The highest BCUT2D eigenvalue weighted by atomic mass is 32.1. The van der Waals surface area contributed by atoms with Crippen LogP contribution in [-0.4, -0.2) is 57.7 Å². The molecule has 11 heteroatoms. The number of amides is 1. The molecule has 206 valence electrons. The summed E-state index contributed by atoms with van der Waals surface area (Å²) >= 11 is 1.43. The Bertz CT molecular complexity index is 1530. The van der Waals surface area contributed by atoms with E-state index in [1.807, 2.05) is 49.9 Å². The molecule has 0 spiro atoms. The van der Waals surface area contributed by atoms with E-state index in [0.717, 1.165) is 21.8 Å². The van der Waals surface area contributed by atoms with E-state index in [1.54, 1.807) is 11.1 Å². The Labute approximate surface area is 229 Å². The number of pyridine rings is 1. The Morgan fingerprint density at radius 3 is 2.72 bits per heavy atom. The van der Waals surface area contributed by atoms with Gasteiger partial charge in [0.25, 0.3) is 0 Å². The minimum atomic E-state index is -0.764. The fraction of sp³-hybridized carbons (Fsp3) is 0.393. The summed E-state index contributed by atoms with van der Waals surface area (Å²) in [5.41, 5.74) is 1.71. The van der Waals surface area contributed by atoms with Gasteiger partial charge in [-0.25, -0.2) is 13.6 Å². The molecular weight excluding hydrogens is 526 g/mol. The average Bonchev–Trinajstić information content (AvgIpc) is 3.48. The third-order valence-corrected chi connectivity index (χ3v) is 7.29. The van der Waals surface area contributed by atoms with Crippen LogP contribution in [0.3, 0.4) is 0 Å². The zero-order chi connectivity index (χ0) is 27.9. The maximum atomic E-state index is 15.5. The van der Waals surface area contributed by atoms with Crippen LogP contribution < -0.4 is 4.74 Å². The quantitative estimate of drug-likeness (QED) is 0.261. The largest absolute Gasteiger partial charge is 0.490 e. The second kappa shape index (κ2) is 10.5. The molecule has 0 saturated carbocycles. The molecule has 39 heavy (non-hydrogen) atoms. The van der Waals surface area contributed by atoms with Crippen LogP contribution in [0.25, 0.3) is 32.6 Å². The van der Waals surface area contributed by atoms with Crippen LogP contribution in [0.4, 0.5) is 13.6 Å². The molecule has 0 fully saturated rings. The number of ether oxygens (including phenoxy) is 3. The van der Waals surface area contributed by atoms with E-state index in [9.17, 15) is 9.18 Å². The molecule has 0 unspecified atom stereocenters. The molecule has 0 bridgehead atoms. The molecule has 1 aromatic carbocycles. The number of fused-ring (bicyclic) bond motifs is 2. The molecule has 1 amide bonds. The van der Waals surface area contributed by atoms with Gasteiger partial charge in [0.15, 0.2) is 0 Å². The maximum absolute atomic E-state index is 15.5. The first-order valence-electron chi connectivity index (χ1n) is 12.6. The third kappa shape index (κ3) is 5.46. The summed E-state index contributed by atoms with van der Waals surface area (Å²) < 4.78 is 48.9. The van der Waals surface area contributed by atoms with Gasteiger partial charge in [0, 0.05) is 41.1 Å². The number of benzene rings is 1. The summed E-state index contributed by atoms with van der Waals surface area (Å²) in [6.45, 7) is 8.57. The number of aromatic nitrogens is 3. The number of thiophene rings is 1. The lowest BCUT2D eigenvalue weighted by Crippen LogP contribution is -2.46. The molecule has 8 nitrogen and oxygen atoms in total. The van der Waals surface area contributed by atoms with E-state index in [1.165, 1.54) is 24.5 Å². The van der Waals surface area contributed by atoms with Crippen molar-refractivity contribution < 1.29 is 27.8 Å². The van der Waals surface area contributed by atoms with Crippen molar-refractivity contribution >= 4 is 27.5 Å². The summed E-state index contributed by atoms with van der Waals surface area (Å²) in [5, 5.41) is 7.50. The van der Waals surface area contributed by atoms with Crippen LogP contribution in [0.15, 0.2) is 35.8 Å². The summed E-state index contributed by atoms with van der Waals surface area (Å²) in [7, 11) is 1.52. The van der Waals surface area contributed by atoms with Crippen LogP contribution in [0.1, 0.15) is 33.4 Å². The Kier molecular flexibility index (Phi) is 7.30. The van der Waals surface area contributed by atoms with Crippen molar-refractivity contribution in [3.63, 3.8) is 0 Å². The van der Waals surface area contributed by atoms with Gasteiger partial charge in [-0.15, -0.1) is 11.3 Å². The molecule has 0 N–H and O–H groups in total.